The molecule has 1 aromatic rings. The third-order valence-corrected chi connectivity index (χ3v) is 4.00. The number of hydrazine groups is 1. The van der Waals surface area contributed by atoms with Crippen molar-refractivity contribution in [1.29, 1.82) is 0 Å². The molecule has 0 bridgehead atoms. The van der Waals surface area contributed by atoms with Gasteiger partial charge in [-0.05, 0) is 12.0 Å². The molecular weight excluding hydrogens is 240 g/mol. The van der Waals surface area contributed by atoms with E-state index in [1.807, 2.05) is 13.8 Å². The maximum Gasteiger partial charge on any atom is 0.244 e. The normalized spacial score (nSPS) is 13.4. The Kier molecular flexibility index (Phi) is 4.86. The smallest absolute Gasteiger partial charge is 0.244 e. The molecule has 6 nitrogen and oxygen atoms in total. The molecule has 0 spiro atoms. The summed E-state index contributed by atoms with van der Waals surface area (Å²) < 4.78 is 26.5. The number of sulfonamides is 1. The first-order chi connectivity index (χ1) is 8.01. The van der Waals surface area contributed by atoms with Gasteiger partial charge in [0.1, 0.15) is 4.90 Å². The van der Waals surface area contributed by atoms with Gasteiger partial charge >= 0.3 is 0 Å². The molecule has 0 saturated carbocycles. The van der Waals surface area contributed by atoms with Crippen LogP contribution < -0.4 is 16.0 Å². The summed E-state index contributed by atoms with van der Waals surface area (Å²) in [5.74, 6) is 5.55. The molecule has 7 heteroatoms. The molecule has 0 aliphatic heterocycles. The van der Waals surface area contributed by atoms with Crippen LogP contribution in [-0.4, -0.2) is 19.9 Å². The number of nitrogens with one attached hydrogen (secondary N) is 2. The zero-order valence-corrected chi connectivity index (χ0v) is 10.8. The Morgan fingerprint density at radius 3 is 2.82 bits per heavy atom. The SMILES string of the molecule is CCC(C)CNS(=O)(=O)c1cnccc1NN. The van der Waals surface area contributed by atoms with E-state index in [0.29, 0.717) is 12.2 Å². The third kappa shape index (κ3) is 3.65. The van der Waals surface area contributed by atoms with Gasteiger partial charge in [-0.25, -0.2) is 13.1 Å². The minimum atomic E-state index is -3.56. The number of nitrogen functional groups attached to an aromatic ring is 1. The number of aromatic nitrogens is 1. The minimum absolute atomic E-state index is 0.0609. The van der Waals surface area contributed by atoms with Crippen molar-refractivity contribution in [1.82, 2.24) is 9.71 Å². The lowest BCUT2D eigenvalue weighted by Crippen LogP contribution is -2.29. The van der Waals surface area contributed by atoms with Gasteiger partial charge < -0.3 is 5.43 Å². The first-order valence-electron chi connectivity index (χ1n) is 5.41. The van der Waals surface area contributed by atoms with Crippen LogP contribution in [0.15, 0.2) is 23.4 Å². The van der Waals surface area contributed by atoms with Crippen molar-refractivity contribution >= 4 is 15.7 Å². The van der Waals surface area contributed by atoms with Crippen LogP contribution in [-0.2, 0) is 10.0 Å². The highest BCUT2D eigenvalue weighted by atomic mass is 32.2. The van der Waals surface area contributed by atoms with Gasteiger partial charge in [0.25, 0.3) is 0 Å². The third-order valence-electron chi connectivity index (χ3n) is 2.55. The lowest BCUT2D eigenvalue weighted by molar-refractivity contribution is 0.528. The molecule has 1 atom stereocenters. The maximum atomic E-state index is 12.0. The summed E-state index contributed by atoms with van der Waals surface area (Å²) in [5, 5.41) is 0. The van der Waals surface area contributed by atoms with Gasteiger partial charge in [-0.15, -0.1) is 0 Å². The molecule has 1 aromatic heterocycles. The first-order valence-corrected chi connectivity index (χ1v) is 6.90. The van der Waals surface area contributed by atoms with E-state index in [9.17, 15) is 8.42 Å². The molecule has 1 rings (SSSR count). The van der Waals surface area contributed by atoms with Gasteiger partial charge in [0, 0.05) is 18.9 Å². The number of hydrogen-bond acceptors (Lipinski definition) is 5. The van der Waals surface area contributed by atoms with Crippen LogP contribution in [0.25, 0.3) is 0 Å². The van der Waals surface area contributed by atoms with Crippen molar-refractivity contribution in [3.05, 3.63) is 18.5 Å². The monoisotopic (exact) mass is 258 g/mol. The molecule has 0 aliphatic rings. The van der Waals surface area contributed by atoms with Crippen molar-refractivity contribution in [2.24, 2.45) is 11.8 Å². The van der Waals surface area contributed by atoms with E-state index < -0.39 is 10.0 Å². The maximum absolute atomic E-state index is 12.0. The molecule has 0 aliphatic carbocycles. The summed E-state index contributed by atoms with van der Waals surface area (Å²) in [6.07, 6.45) is 3.66. The Morgan fingerprint density at radius 2 is 2.24 bits per heavy atom. The lowest BCUT2D eigenvalue weighted by atomic mass is 10.1. The zero-order valence-electron chi connectivity index (χ0n) is 9.97. The van der Waals surface area contributed by atoms with Crippen molar-refractivity contribution in [2.75, 3.05) is 12.0 Å². The second-order valence-corrected chi connectivity index (χ2v) is 5.62. The van der Waals surface area contributed by atoms with E-state index in [2.05, 4.69) is 15.1 Å². The Hall–Kier alpha value is -1.18. The van der Waals surface area contributed by atoms with Crippen LogP contribution in [0.4, 0.5) is 5.69 Å². The number of anilines is 1. The summed E-state index contributed by atoms with van der Waals surface area (Å²) in [6.45, 7) is 4.39. The second-order valence-electron chi connectivity index (χ2n) is 3.88. The summed E-state index contributed by atoms with van der Waals surface area (Å²) in [4.78, 5) is 3.85. The summed E-state index contributed by atoms with van der Waals surface area (Å²) >= 11 is 0. The average Bonchev–Trinajstić information content (AvgIpc) is 2.35. The van der Waals surface area contributed by atoms with Crippen LogP contribution in [0.5, 0.6) is 0 Å². The molecule has 0 fully saturated rings. The van der Waals surface area contributed by atoms with Gasteiger partial charge in [0.05, 0.1) is 5.69 Å². The van der Waals surface area contributed by atoms with Crippen LogP contribution in [0.1, 0.15) is 20.3 Å². The van der Waals surface area contributed by atoms with E-state index in [-0.39, 0.29) is 10.8 Å². The second kappa shape index (κ2) is 5.95. The lowest BCUT2D eigenvalue weighted by Gasteiger charge is -2.12. The van der Waals surface area contributed by atoms with Crippen LogP contribution >= 0.6 is 0 Å². The predicted molar refractivity (Wildman–Crippen MR) is 66.7 cm³/mol. The molecule has 96 valence electrons. The fraction of sp³-hybridized carbons (Fsp3) is 0.500. The van der Waals surface area contributed by atoms with Crippen LogP contribution in [0, 0.1) is 5.92 Å². The summed E-state index contributed by atoms with van der Waals surface area (Å²) in [7, 11) is -3.56. The fourth-order valence-corrected chi connectivity index (χ4v) is 2.46. The van der Waals surface area contributed by atoms with Crippen LogP contribution in [0.3, 0.4) is 0 Å². The summed E-state index contributed by atoms with van der Waals surface area (Å²) in [5.41, 5.74) is 2.67. The Balaban J connectivity index is 2.89. The molecule has 0 saturated heterocycles. The van der Waals surface area contributed by atoms with Gasteiger partial charge in [0.15, 0.2) is 0 Å². The molecule has 1 unspecified atom stereocenters. The highest BCUT2D eigenvalue weighted by Crippen LogP contribution is 2.18. The molecular formula is C10H18N4O2S. The Morgan fingerprint density at radius 1 is 1.53 bits per heavy atom. The molecule has 1 heterocycles. The fourth-order valence-electron chi connectivity index (χ4n) is 1.19. The molecule has 0 aromatic carbocycles. The van der Waals surface area contributed by atoms with Crippen LogP contribution in [0.2, 0.25) is 0 Å². The molecule has 4 N–H and O–H groups in total. The van der Waals surface area contributed by atoms with Gasteiger partial charge in [-0.3, -0.25) is 10.8 Å². The number of rotatable bonds is 6. The van der Waals surface area contributed by atoms with E-state index in [0.717, 1.165) is 6.42 Å². The topological polar surface area (TPSA) is 97.1 Å². The Bertz CT molecular complexity index is 461. The quantitative estimate of drug-likeness (QED) is 0.515. The molecule has 0 amide bonds. The Labute approximate surface area is 102 Å². The standard InChI is InChI=1S/C10H18N4O2S/c1-3-8(2)6-13-17(15,16)10-7-12-5-4-9(10)14-11/h4-5,7-8,13H,3,6,11H2,1-2H3,(H,12,14). The van der Waals surface area contributed by atoms with E-state index in [4.69, 9.17) is 5.84 Å². The highest BCUT2D eigenvalue weighted by Gasteiger charge is 2.18. The number of hydrogen-bond donors (Lipinski definition) is 3. The van der Waals surface area contributed by atoms with Gasteiger partial charge in [-0.2, -0.15) is 0 Å². The van der Waals surface area contributed by atoms with E-state index >= 15 is 0 Å². The van der Waals surface area contributed by atoms with Crippen molar-refractivity contribution in [3.63, 3.8) is 0 Å². The van der Waals surface area contributed by atoms with E-state index in [1.54, 1.807) is 0 Å². The largest absolute Gasteiger partial charge is 0.323 e. The van der Waals surface area contributed by atoms with Gasteiger partial charge in [-0.1, -0.05) is 20.3 Å². The average molecular weight is 258 g/mol. The van der Waals surface area contributed by atoms with Gasteiger partial charge in [0.2, 0.25) is 10.0 Å². The number of nitrogens with zero attached hydrogens (tertiary/aromatic N) is 1. The summed E-state index contributed by atoms with van der Waals surface area (Å²) in [6, 6.07) is 1.51. The van der Waals surface area contributed by atoms with E-state index in [1.165, 1.54) is 18.5 Å². The first kappa shape index (κ1) is 13.9. The zero-order chi connectivity index (χ0) is 12.9. The molecule has 0 radical (unpaired) electrons. The molecule has 17 heavy (non-hydrogen) atoms. The van der Waals surface area contributed by atoms with Crippen molar-refractivity contribution < 1.29 is 8.42 Å². The highest BCUT2D eigenvalue weighted by molar-refractivity contribution is 7.89. The minimum Gasteiger partial charge on any atom is -0.323 e. The van der Waals surface area contributed by atoms with Crippen molar-refractivity contribution in [3.8, 4) is 0 Å². The van der Waals surface area contributed by atoms with Crippen molar-refractivity contribution in [2.45, 2.75) is 25.2 Å². The number of pyridine rings is 1. The number of nitrogens with two attached hydrogens (primary N) is 1. The predicted octanol–water partition coefficient (Wildman–Crippen LogP) is 0.692.